The summed E-state index contributed by atoms with van der Waals surface area (Å²) in [7, 11) is -4.12. The maximum atomic E-state index is 13.8. The largest absolute Gasteiger partial charge is 0.355 e. The Labute approximate surface area is 224 Å². The molecule has 0 saturated heterocycles. The van der Waals surface area contributed by atoms with Crippen LogP contribution in [0.3, 0.4) is 0 Å². The van der Waals surface area contributed by atoms with Crippen molar-refractivity contribution in [2.75, 3.05) is 23.9 Å². The van der Waals surface area contributed by atoms with Gasteiger partial charge in [-0.2, -0.15) is 0 Å². The van der Waals surface area contributed by atoms with Crippen molar-refractivity contribution in [1.82, 2.24) is 10.2 Å². The second kappa shape index (κ2) is 12.7. The molecule has 0 heterocycles. The van der Waals surface area contributed by atoms with Gasteiger partial charge < -0.3 is 10.2 Å². The maximum absolute atomic E-state index is 13.8. The number of sulfonamides is 1. The normalized spacial score (nSPS) is 12.0. The molecule has 0 aromatic heterocycles. The predicted molar refractivity (Wildman–Crippen MR) is 147 cm³/mol. The first-order valence-corrected chi connectivity index (χ1v) is 13.9. The van der Waals surface area contributed by atoms with E-state index in [4.69, 9.17) is 11.6 Å². The van der Waals surface area contributed by atoms with Crippen LogP contribution in [0.15, 0.2) is 83.8 Å². The maximum Gasteiger partial charge on any atom is 0.264 e. The van der Waals surface area contributed by atoms with Crippen LogP contribution in [0.1, 0.15) is 25.0 Å². The smallest absolute Gasteiger partial charge is 0.264 e. The summed E-state index contributed by atoms with van der Waals surface area (Å²) in [4.78, 5) is 28.0. The van der Waals surface area contributed by atoms with Gasteiger partial charge in [0.1, 0.15) is 12.6 Å². The standard InChI is InChI=1S/C28H32ClN3O4S/c1-4-30-28(34)22(3)31(19-18-23-12-7-5-8-13-23)27(33)20-32(26-17-11-16-25(29)21(26)2)37(35,36)24-14-9-6-10-15-24/h5-17,22H,4,18-20H2,1-3H3,(H,30,34). The van der Waals surface area contributed by atoms with E-state index in [-0.39, 0.29) is 17.3 Å². The number of anilines is 1. The SMILES string of the molecule is CCNC(=O)C(C)N(CCc1ccccc1)C(=O)CN(c1cccc(Cl)c1C)S(=O)(=O)c1ccccc1. The Morgan fingerprint density at radius 1 is 0.946 bits per heavy atom. The molecule has 1 atom stereocenters. The highest BCUT2D eigenvalue weighted by Gasteiger charge is 2.33. The minimum atomic E-state index is -4.12. The Bertz CT molecular complexity index is 1320. The van der Waals surface area contributed by atoms with E-state index in [0.29, 0.717) is 29.2 Å². The molecule has 3 rings (SSSR count). The lowest BCUT2D eigenvalue weighted by Gasteiger charge is -2.32. The lowest BCUT2D eigenvalue weighted by Crippen LogP contribution is -2.52. The molecular weight excluding hydrogens is 510 g/mol. The number of likely N-dealkylation sites (N-methyl/N-ethyl adjacent to an activating group) is 1. The number of hydrogen-bond donors (Lipinski definition) is 1. The van der Waals surface area contributed by atoms with Gasteiger partial charge in [0.05, 0.1) is 10.6 Å². The molecular formula is C28H32ClN3O4S. The van der Waals surface area contributed by atoms with Crippen LogP contribution in [0.25, 0.3) is 0 Å². The first kappa shape index (κ1) is 28.2. The topological polar surface area (TPSA) is 86.8 Å². The molecule has 0 spiro atoms. The first-order chi connectivity index (χ1) is 17.7. The van der Waals surface area contributed by atoms with Crippen LogP contribution in [0.4, 0.5) is 5.69 Å². The van der Waals surface area contributed by atoms with Gasteiger partial charge in [0.2, 0.25) is 11.8 Å². The van der Waals surface area contributed by atoms with Crippen LogP contribution in [-0.4, -0.2) is 50.8 Å². The second-order valence-electron chi connectivity index (χ2n) is 8.60. The van der Waals surface area contributed by atoms with Gasteiger partial charge in [-0.1, -0.05) is 66.2 Å². The summed E-state index contributed by atoms with van der Waals surface area (Å²) in [5.41, 5.74) is 1.84. The van der Waals surface area contributed by atoms with Gasteiger partial charge >= 0.3 is 0 Å². The number of carbonyl (C=O) groups is 2. The van der Waals surface area contributed by atoms with Crippen molar-refractivity contribution in [2.45, 2.75) is 38.1 Å². The monoisotopic (exact) mass is 541 g/mol. The van der Waals surface area contributed by atoms with E-state index in [2.05, 4.69) is 5.32 Å². The molecule has 1 N–H and O–H groups in total. The summed E-state index contributed by atoms with van der Waals surface area (Å²) in [5.74, 6) is -0.797. The van der Waals surface area contributed by atoms with E-state index in [1.165, 1.54) is 17.0 Å². The molecule has 7 nitrogen and oxygen atoms in total. The van der Waals surface area contributed by atoms with Gasteiger partial charge in [-0.05, 0) is 62.6 Å². The highest BCUT2D eigenvalue weighted by molar-refractivity contribution is 7.92. The number of nitrogens with one attached hydrogen (secondary N) is 1. The highest BCUT2D eigenvalue weighted by atomic mass is 35.5. The minimum Gasteiger partial charge on any atom is -0.355 e. The molecule has 2 amide bonds. The molecule has 0 fully saturated rings. The Morgan fingerprint density at radius 3 is 2.19 bits per heavy atom. The molecule has 3 aromatic carbocycles. The molecule has 9 heteroatoms. The van der Waals surface area contributed by atoms with Crippen LogP contribution in [0.5, 0.6) is 0 Å². The van der Waals surface area contributed by atoms with E-state index in [9.17, 15) is 18.0 Å². The average molecular weight is 542 g/mol. The highest BCUT2D eigenvalue weighted by Crippen LogP contribution is 2.31. The Kier molecular flexibility index (Phi) is 9.72. The summed E-state index contributed by atoms with van der Waals surface area (Å²) in [6.45, 7) is 5.33. The van der Waals surface area contributed by atoms with Crippen molar-refractivity contribution in [3.05, 3.63) is 95.0 Å². The lowest BCUT2D eigenvalue weighted by atomic mass is 10.1. The van der Waals surface area contributed by atoms with Gasteiger partial charge in [0.25, 0.3) is 10.0 Å². The number of benzene rings is 3. The molecule has 0 aliphatic carbocycles. The van der Waals surface area contributed by atoms with Crippen molar-refractivity contribution < 1.29 is 18.0 Å². The van der Waals surface area contributed by atoms with Crippen LogP contribution in [-0.2, 0) is 26.0 Å². The van der Waals surface area contributed by atoms with Crippen molar-refractivity contribution in [2.24, 2.45) is 0 Å². The van der Waals surface area contributed by atoms with Gasteiger partial charge in [0.15, 0.2) is 0 Å². The predicted octanol–water partition coefficient (Wildman–Crippen LogP) is 4.44. The number of rotatable bonds is 11. The molecule has 3 aromatic rings. The molecule has 37 heavy (non-hydrogen) atoms. The molecule has 0 aliphatic heterocycles. The number of hydrogen-bond acceptors (Lipinski definition) is 4. The Morgan fingerprint density at radius 2 is 1.57 bits per heavy atom. The van der Waals surface area contributed by atoms with Gasteiger partial charge in [-0.15, -0.1) is 0 Å². The summed E-state index contributed by atoms with van der Waals surface area (Å²) in [6.07, 6.45) is 0.512. The van der Waals surface area contributed by atoms with E-state index in [1.807, 2.05) is 30.3 Å². The molecule has 0 radical (unpaired) electrons. The van der Waals surface area contributed by atoms with E-state index < -0.39 is 28.5 Å². The minimum absolute atomic E-state index is 0.0507. The average Bonchev–Trinajstić information content (AvgIpc) is 2.90. The summed E-state index contributed by atoms with van der Waals surface area (Å²) in [6, 6.07) is 21.7. The third-order valence-corrected chi connectivity index (χ3v) is 8.30. The Hall–Kier alpha value is -3.36. The quantitative estimate of drug-likeness (QED) is 0.389. The zero-order valence-corrected chi connectivity index (χ0v) is 22.8. The fraction of sp³-hybridized carbons (Fsp3) is 0.286. The third-order valence-electron chi connectivity index (χ3n) is 6.12. The van der Waals surface area contributed by atoms with Gasteiger partial charge in [-0.3, -0.25) is 13.9 Å². The van der Waals surface area contributed by atoms with Crippen molar-refractivity contribution in [3.8, 4) is 0 Å². The number of amides is 2. The molecule has 0 saturated carbocycles. The summed E-state index contributed by atoms with van der Waals surface area (Å²) in [5, 5.41) is 3.14. The van der Waals surface area contributed by atoms with Crippen LogP contribution < -0.4 is 9.62 Å². The molecule has 0 bridgehead atoms. The van der Waals surface area contributed by atoms with Crippen molar-refractivity contribution in [3.63, 3.8) is 0 Å². The first-order valence-electron chi connectivity index (χ1n) is 12.1. The van der Waals surface area contributed by atoms with Crippen molar-refractivity contribution in [1.29, 1.82) is 0 Å². The lowest BCUT2D eigenvalue weighted by molar-refractivity contribution is -0.138. The van der Waals surface area contributed by atoms with E-state index in [1.54, 1.807) is 57.2 Å². The Balaban J connectivity index is 2.00. The number of halogens is 1. The van der Waals surface area contributed by atoms with E-state index >= 15 is 0 Å². The number of carbonyl (C=O) groups excluding carboxylic acids is 2. The van der Waals surface area contributed by atoms with Gasteiger partial charge in [-0.25, -0.2) is 8.42 Å². The fourth-order valence-corrected chi connectivity index (χ4v) is 5.65. The number of nitrogens with zero attached hydrogens (tertiary/aromatic N) is 2. The third kappa shape index (κ3) is 6.90. The zero-order chi connectivity index (χ0) is 27.0. The second-order valence-corrected chi connectivity index (χ2v) is 10.9. The van der Waals surface area contributed by atoms with Crippen LogP contribution >= 0.6 is 11.6 Å². The molecule has 1 unspecified atom stereocenters. The van der Waals surface area contributed by atoms with Crippen molar-refractivity contribution >= 4 is 39.1 Å². The van der Waals surface area contributed by atoms with E-state index in [0.717, 1.165) is 9.87 Å². The zero-order valence-electron chi connectivity index (χ0n) is 21.2. The van der Waals surface area contributed by atoms with Crippen LogP contribution in [0, 0.1) is 6.92 Å². The summed E-state index contributed by atoms with van der Waals surface area (Å²) >= 11 is 6.33. The molecule has 196 valence electrons. The van der Waals surface area contributed by atoms with Crippen LogP contribution in [0.2, 0.25) is 5.02 Å². The van der Waals surface area contributed by atoms with Gasteiger partial charge in [0, 0.05) is 18.1 Å². The summed E-state index contributed by atoms with van der Waals surface area (Å²) < 4.78 is 28.6. The molecule has 0 aliphatic rings. The fourth-order valence-electron chi connectivity index (χ4n) is 3.99.